The fourth-order valence-electron chi connectivity index (χ4n) is 4.20. The fourth-order valence-corrected chi connectivity index (χ4v) is 4.90. The van der Waals surface area contributed by atoms with E-state index in [2.05, 4.69) is 27.2 Å². The van der Waals surface area contributed by atoms with Crippen LogP contribution >= 0.6 is 11.3 Å². The molecule has 0 aliphatic carbocycles. The molecule has 2 aromatic rings. The number of benzene rings is 1. The molecule has 2 fully saturated rings. The molecule has 2 aliphatic heterocycles. The van der Waals surface area contributed by atoms with Gasteiger partial charge in [0.2, 0.25) is 5.91 Å². The highest BCUT2D eigenvalue weighted by molar-refractivity contribution is 7.12. The maximum absolute atomic E-state index is 12.7. The molecule has 3 heterocycles. The summed E-state index contributed by atoms with van der Waals surface area (Å²) in [6.45, 7) is 3.28. The first kappa shape index (κ1) is 18.2. The number of nitrogens with one attached hydrogen (secondary N) is 1. The molecule has 2 aliphatic rings. The normalized spacial score (nSPS) is 19.4. The van der Waals surface area contributed by atoms with Gasteiger partial charge in [-0.05, 0) is 49.4 Å². The minimum absolute atomic E-state index is 0.152. The van der Waals surface area contributed by atoms with Gasteiger partial charge in [0, 0.05) is 25.2 Å². The van der Waals surface area contributed by atoms with Crippen molar-refractivity contribution in [3.63, 3.8) is 0 Å². The molecule has 1 aromatic heterocycles. The molecule has 4 rings (SSSR count). The molecule has 1 N–H and O–H groups in total. The van der Waals surface area contributed by atoms with Crippen LogP contribution < -0.4 is 10.2 Å². The summed E-state index contributed by atoms with van der Waals surface area (Å²) in [5, 5.41) is 4.99. The maximum Gasteiger partial charge on any atom is 0.247 e. The van der Waals surface area contributed by atoms with Gasteiger partial charge in [0.1, 0.15) is 5.54 Å². The average molecular weight is 384 g/mol. The Morgan fingerprint density at radius 3 is 2.59 bits per heavy atom. The van der Waals surface area contributed by atoms with E-state index < -0.39 is 5.54 Å². The molecule has 27 heavy (non-hydrogen) atoms. The Hall–Kier alpha value is -2.18. The van der Waals surface area contributed by atoms with Crippen LogP contribution in [0.25, 0.3) is 0 Å². The molecule has 1 aromatic carbocycles. The minimum Gasteiger partial charge on any atom is -0.339 e. The van der Waals surface area contributed by atoms with Gasteiger partial charge in [0.15, 0.2) is 5.78 Å². The van der Waals surface area contributed by atoms with Crippen LogP contribution in [0.1, 0.15) is 35.4 Å². The predicted molar refractivity (Wildman–Crippen MR) is 108 cm³/mol. The lowest BCUT2D eigenvalue weighted by Crippen LogP contribution is -2.56. The van der Waals surface area contributed by atoms with Crippen molar-refractivity contribution in [2.24, 2.45) is 0 Å². The van der Waals surface area contributed by atoms with Gasteiger partial charge in [-0.2, -0.15) is 0 Å². The van der Waals surface area contributed by atoms with Crippen LogP contribution in [0.2, 0.25) is 0 Å². The van der Waals surface area contributed by atoms with Crippen LogP contribution in [-0.2, 0) is 4.79 Å². The number of rotatable bonds is 6. The molecule has 142 valence electrons. The van der Waals surface area contributed by atoms with E-state index in [-0.39, 0.29) is 11.7 Å². The Morgan fingerprint density at radius 2 is 1.89 bits per heavy atom. The van der Waals surface area contributed by atoms with Gasteiger partial charge >= 0.3 is 0 Å². The van der Waals surface area contributed by atoms with Crippen LogP contribution in [-0.4, -0.2) is 48.4 Å². The topological polar surface area (TPSA) is 52.7 Å². The first-order chi connectivity index (χ1) is 13.2. The van der Waals surface area contributed by atoms with Gasteiger partial charge < -0.3 is 15.1 Å². The van der Waals surface area contributed by atoms with E-state index in [1.54, 1.807) is 0 Å². The number of amides is 1. The van der Waals surface area contributed by atoms with Crippen LogP contribution in [0.5, 0.6) is 0 Å². The number of Topliss-reactive ketones (excluding diaryl/α,β-unsaturated/α-hetero) is 1. The molecule has 0 saturated carbocycles. The number of para-hydroxylation sites is 1. The number of hydrogen-bond acceptors (Lipinski definition) is 5. The summed E-state index contributed by atoms with van der Waals surface area (Å²) in [7, 11) is 0. The second-order valence-corrected chi connectivity index (χ2v) is 8.25. The molecule has 0 bridgehead atoms. The molecule has 5 nitrogen and oxygen atoms in total. The molecule has 0 atom stereocenters. The summed E-state index contributed by atoms with van der Waals surface area (Å²) in [5.41, 5.74) is 0.677. The number of hydrogen-bond donors (Lipinski definition) is 1. The Bertz CT molecular complexity index is 783. The van der Waals surface area contributed by atoms with Gasteiger partial charge in [0.25, 0.3) is 0 Å². The highest BCUT2D eigenvalue weighted by atomic mass is 32.1. The van der Waals surface area contributed by atoms with Crippen molar-refractivity contribution < 1.29 is 9.59 Å². The molecular formula is C21H25N3O2S. The number of carbonyl (C=O) groups is 2. The van der Waals surface area contributed by atoms with Gasteiger partial charge in [-0.15, -0.1) is 11.3 Å². The minimum atomic E-state index is -0.426. The Morgan fingerprint density at radius 1 is 1.11 bits per heavy atom. The van der Waals surface area contributed by atoms with Gasteiger partial charge in [-0.3, -0.25) is 9.59 Å². The lowest BCUT2D eigenvalue weighted by molar-refractivity contribution is -0.125. The molecule has 6 heteroatoms. The zero-order chi connectivity index (χ0) is 18.7. The van der Waals surface area contributed by atoms with E-state index >= 15 is 0 Å². The Balaban J connectivity index is 1.32. The van der Waals surface area contributed by atoms with Crippen molar-refractivity contribution >= 4 is 28.7 Å². The molecule has 1 amide bonds. The van der Waals surface area contributed by atoms with Crippen LogP contribution in [0.15, 0.2) is 47.8 Å². The summed E-state index contributed by atoms with van der Waals surface area (Å²) in [4.78, 5) is 30.3. The van der Waals surface area contributed by atoms with Crippen molar-refractivity contribution in [2.45, 2.75) is 31.2 Å². The van der Waals surface area contributed by atoms with Crippen LogP contribution in [0.3, 0.4) is 0 Å². The van der Waals surface area contributed by atoms with Crippen molar-refractivity contribution in [3.8, 4) is 0 Å². The monoisotopic (exact) mass is 383 g/mol. The summed E-state index contributed by atoms with van der Waals surface area (Å²) in [6, 6.07) is 14.0. The summed E-state index contributed by atoms with van der Waals surface area (Å²) in [6.07, 6.45) is 3.12. The molecular weight excluding hydrogens is 358 g/mol. The first-order valence-corrected chi connectivity index (χ1v) is 10.5. The second kappa shape index (κ2) is 7.82. The third kappa shape index (κ3) is 3.64. The summed E-state index contributed by atoms with van der Waals surface area (Å²) >= 11 is 1.51. The zero-order valence-electron chi connectivity index (χ0n) is 15.4. The lowest BCUT2D eigenvalue weighted by atomic mass is 9.85. The molecule has 0 unspecified atom stereocenters. The Labute approximate surface area is 164 Å². The van der Waals surface area contributed by atoms with Crippen molar-refractivity contribution in [1.82, 2.24) is 10.2 Å². The van der Waals surface area contributed by atoms with Crippen LogP contribution in [0, 0.1) is 0 Å². The van der Waals surface area contributed by atoms with Gasteiger partial charge in [-0.25, -0.2) is 0 Å². The lowest BCUT2D eigenvalue weighted by Gasteiger charge is -2.43. The smallest absolute Gasteiger partial charge is 0.247 e. The van der Waals surface area contributed by atoms with E-state index in [0.717, 1.165) is 49.5 Å². The standard InChI is InChI=1S/C21H25N3O2S/c25-18(19-9-5-15-27-19)8-4-12-23-13-10-21(11-14-23)20(26)22-16-24(21)17-6-2-1-3-7-17/h1-3,5-7,9,15H,4,8,10-14,16H2,(H,22,26). The highest BCUT2D eigenvalue weighted by Crippen LogP contribution is 2.36. The third-order valence-corrected chi connectivity index (χ3v) is 6.67. The number of nitrogens with zero attached hydrogens (tertiary/aromatic N) is 2. The SMILES string of the molecule is O=C(CCCN1CCC2(CC1)C(=O)NCN2c1ccccc1)c1cccs1. The largest absolute Gasteiger partial charge is 0.339 e. The highest BCUT2D eigenvalue weighted by Gasteiger charge is 2.50. The number of likely N-dealkylation sites (tertiary alicyclic amines) is 1. The van der Waals surface area contributed by atoms with Crippen molar-refractivity contribution in [2.75, 3.05) is 31.2 Å². The molecule has 1 spiro atoms. The van der Waals surface area contributed by atoms with E-state index in [1.807, 2.05) is 35.7 Å². The van der Waals surface area contributed by atoms with E-state index in [1.165, 1.54) is 11.3 Å². The maximum atomic E-state index is 12.7. The quantitative estimate of drug-likeness (QED) is 0.779. The van der Waals surface area contributed by atoms with Crippen molar-refractivity contribution in [3.05, 3.63) is 52.7 Å². The van der Waals surface area contributed by atoms with Gasteiger partial charge in [-0.1, -0.05) is 24.3 Å². The number of piperidine rings is 1. The number of anilines is 1. The van der Waals surface area contributed by atoms with Crippen LogP contribution in [0.4, 0.5) is 5.69 Å². The van der Waals surface area contributed by atoms with E-state index in [0.29, 0.717) is 13.1 Å². The predicted octanol–water partition coefficient (Wildman–Crippen LogP) is 3.14. The first-order valence-electron chi connectivity index (χ1n) is 9.59. The van der Waals surface area contributed by atoms with E-state index in [9.17, 15) is 9.59 Å². The zero-order valence-corrected chi connectivity index (χ0v) is 16.2. The third-order valence-electron chi connectivity index (χ3n) is 5.76. The number of thiophene rings is 1. The van der Waals surface area contributed by atoms with E-state index in [4.69, 9.17) is 0 Å². The second-order valence-electron chi connectivity index (χ2n) is 7.30. The molecule has 2 saturated heterocycles. The molecule has 0 radical (unpaired) electrons. The fraction of sp³-hybridized carbons (Fsp3) is 0.429. The number of carbonyl (C=O) groups excluding carboxylic acids is 2. The summed E-state index contributed by atoms with van der Waals surface area (Å²) < 4.78 is 0. The number of ketones is 1. The summed E-state index contributed by atoms with van der Waals surface area (Å²) in [5.74, 6) is 0.391. The Kier molecular flexibility index (Phi) is 5.27. The van der Waals surface area contributed by atoms with Gasteiger partial charge in [0.05, 0.1) is 11.5 Å². The average Bonchev–Trinajstić information content (AvgIpc) is 3.34. The van der Waals surface area contributed by atoms with Crippen molar-refractivity contribution in [1.29, 1.82) is 0 Å².